The molecule has 0 aliphatic rings. The fourth-order valence-electron chi connectivity index (χ4n) is 3.06. The fourth-order valence-corrected chi connectivity index (χ4v) is 3.06. The summed E-state index contributed by atoms with van der Waals surface area (Å²) in [6.07, 6.45) is 1.81. The fraction of sp³-hybridized carbons (Fsp3) is 0.550. The molecule has 0 aliphatic heterocycles. The van der Waals surface area contributed by atoms with Crippen LogP contribution in [0.2, 0.25) is 0 Å². The van der Waals surface area contributed by atoms with Gasteiger partial charge in [0.05, 0.1) is 25.2 Å². The first kappa shape index (κ1) is 30.0. The number of rotatable bonds is 17. The van der Waals surface area contributed by atoms with Gasteiger partial charge in [0, 0.05) is 18.3 Å². The number of aliphatic carboxylic acids is 3. The molecule has 1 aromatic rings. The second kappa shape index (κ2) is 15.0. The highest BCUT2D eigenvalue weighted by molar-refractivity contribution is 5.96. The number of carbonyl (C=O) groups is 6. The summed E-state index contributed by atoms with van der Waals surface area (Å²) >= 11 is 0. The highest BCUT2D eigenvalue weighted by Gasteiger charge is 2.32. The number of amides is 3. The van der Waals surface area contributed by atoms with Crippen molar-refractivity contribution in [3.05, 3.63) is 18.2 Å². The van der Waals surface area contributed by atoms with Crippen LogP contribution in [0.5, 0.6) is 0 Å². The van der Waals surface area contributed by atoms with Crippen LogP contribution < -0.4 is 27.4 Å². The van der Waals surface area contributed by atoms with E-state index in [1.807, 2.05) is 0 Å². The number of aromatic amines is 1. The van der Waals surface area contributed by atoms with Gasteiger partial charge >= 0.3 is 17.9 Å². The van der Waals surface area contributed by atoms with Crippen LogP contribution >= 0.6 is 0 Å². The maximum atomic E-state index is 13.0. The first-order valence-corrected chi connectivity index (χ1v) is 10.9. The first-order valence-electron chi connectivity index (χ1n) is 10.9. The zero-order valence-electron chi connectivity index (χ0n) is 19.3. The molecule has 200 valence electrons. The molecule has 4 unspecified atom stereocenters. The Balaban J connectivity index is 3.03. The zero-order chi connectivity index (χ0) is 27.3. The number of nitrogens with one attached hydrogen (secondary N) is 4. The summed E-state index contributed by atoms with van der Waals surface area (Å²) in [7, 11) is 0. The van der Waals surface area contributed by atoms with Crippen LogP contribution in [-0.4, -0.2) is 91.6 Å². The summed E-state index contributed by atoms with van der Waals surface area (Å²) in [5, 5.41) is 34.1. The normalized spacial score (nSPS) is 14.1. The monoisotopic (exact) mass is 513 g/mol. The van der Waals surface area contributed by atoms with Crippen molar-refractivity contribution in [3.63, 3.8) is 0 Å². The van der Waals surface area contributed by atoms with E-state index in [1.165, 1.54) is 12.5 Å². The molecule has 16 nitrogen and oxygen atoms in total. The van der Waals surface area contributed by atoms with E-state index in [1.54, 1.807) is 0 Å². The van der Waals surface area contributed by atoms with Crippen molar-refractivity contribution >= 4 is 35.6 Å². The maximum Gasteiger partial charge on any atom is 0.326 e. The lowest BCUT2D eigenvalue weighted by Gasteiger charge is -2.24. The van der Waals surface area contributed by atoms with Gasteiger partial charge in [0.2, 0.25) is 17.7 Å². The van der Waals surface area contributed by atoms with Crippen molar-refractivity contribution in [1.82, 2.24) is 25.9 Å². The van der Waals surface area contributed by atoms with Crippen molar-refractivity contribution < 1.29 is 44.1 Å². The molecule has 0 saturated heterocycles. The molecule has 3 amide bonds. The largest absolute Gasteiger partial charge is 0.481 e. The minimum absolute atomic E-state index is 0.0337. The van der Waals surface area contributed by atoms with E-state index in [4.69, 9.17) is 16.6 Å². The van der Waals surface area contributed by atoms with Crippen molar-refractivity contribution in [3.8, 4) is 0 Å². The summed E-state index contributed by atoms with van der Waals surface area (Å²) in [5.74, 6) is -7.16. The van der Waals surface area contributed by atoms with E-state index in [9.17, 15) is 39.0 Å². The Morgan fingerprint density at radius 2 is 1.44 bits per heavy atom. The van der Waals surface area contributed by atoms with Gasteiger partial charge in [0.25, 0.3) is 0 Å². The van der Waals surface area contributed by atoms with Crippen LogP contribution in [0, 0.1) is 0 Å². The summed E-state index contributed by atoms with van der Waals surface area (Å²) in [6.45, 7) is 0.317. The molecule has 1 rings (SSSR count). The first-order chi connectivity index (χ1) is 16.9. The quantitative estimate of drug-likeness (QED) is 0.0936. The molecule has 0 spiro atoms. The van der Waals surface area contributed by atoms with Crippen LogP contribution in [0.1, 0.15) is 37.8 Å². The molecule has 0 aromatic carbocycles. The van der Waals surface area contributed by atoms with Crippen molar-refractivity contribution in [2.45, 2.75) is 62.7 Å². The minimum atomic E-state index is -1.68. The number of nitrogens with zero attached hydrogens (tertiary/aromatic N) is 1. The van der Waals surface area contributed by atoms with Gasteiger partial charge in [-0.1, -0.05) is 0 Å². The van der Waals surface area contributed by atoms with Gasteiger partial charge in [0.15, 0.2) is 0 Å². The molecule has 0 saturated carbocycles. The zero-order valence-corrected chi connectivity index (χ0v) is 19.3. The molecule has 0 fully saturated rings. The Morgan fingerprint density at radius 1 is 0.861 bits per heavy atom. The number of hydrogen-bond donors (Lipinski definition) is 9. The second-order valence-corrected chi connectivity index (χ2v) is 7.89. The molecular weight excluding hydrogens is 482 g/mol. The van der Waals surface area contributed by atoms with E-state index < -0.39 is 72.6 Å². The lowest BCUT2D eigenvalue weighted by molar-refractivity contribution is -0.143. The van der Waals surface area contributed by atoms with Crippen LogP contribution in [0.4, 0.5) is 0 Å². The number of carboxylic acids is 3. The average Bonchev–Trinajstić information content (AvgIpc) is 3.29. The summed E-state index contributed by atoms with van der Waals surface area (Å²) < 4.78 is 0. The van der Waals surface area contributed by atoms with Gasteiger partial charge < -0.3 is 47.7 Å². The van der Waals surface area contributed by atoms with Gasteiger partial charge in [-0.2, -0.15) is 0 Å². The molecule has 0 bridgehead atoms. The molecule has 16 heteroatoms. The van der Waals surface area contributed by atoms with Crippen molar-refractivity contribution in [2.75, 3.05) is 6.54 Å². The minimum Gasteiger partial charge on any atom is -0.481 e. The lowest BCUT2D eigenvalue weighted by Crippen LogP contribution is -2.58. The number of carbonyl (C=O) groups excluding carboxylic acids is 3. The summed E-state index contributed by atoms with van der Waals surface area (Å²) in [5.41, 5.74) is 11.3. The standard InChI is InChI=1S/C20H31N7O9/c21-4-2-1-3-12(20(35)36)25-19(34)14(7-16(30)31)27-18(33)13(5-10-8-23-9-24-10)26-17(32)11(22)6-15(28)29/h8-9,11-14H,1-7,21-22H2,(H,23,24)(H,25,34)(H,26,32)(H,27,33)(H,28,29)(H,30,31)(H,35,36). The Labute approximate surface area is 205 Å². The summed E-state index contributed by atoms with van der Waals surface area (Å²) in [6, 6.07) is -5.91. The number of H-pyrrole nitrogens is 1. The highest BCUT2D eigenvalue weighted by Crippen LogP contribution is 2.05. The van der Waals surface area contributed by atoms with Crippen LogP contribution in [-0.2, 0) is 35.2 Å². The number of unbranched alkanes of at least 4 members (excludes halogenated alkanes) is 1. The molecular formula is C20H31N7O9. The number of nitrogens with two attached hydrogens (primary N) is 2. The SMILES string of the molecule is NCCCCC(NC(=O)C(CC(=O)O)NC(=O)C(Cc1cnc[nH]1)NC(=O)C(N)CC(=O)O)C(=O)O. The molecule has 1 heterocycles. The van der Waals surface area contributed by atoms with Crippen molar-refractivity contribution in [1.29, 1.82) is 0 Å². The third-order valence-electron chi connectivity index (χ3n) is 4.92. The van der Waals surface area contributed by atoms with Crippen molar-refractivity contribution in [2.24, 2.45) is 11.5 Å². The van der Waals surface area contributed by atoms with Gasteiger partial charge in [-0.05, 0) is 25.8 Å². The molecule has 1 aromatic heterocycles. The van der Waals surface area contributed by atoms with Gasteiger partial charge in [0.1, 0.15) is 18.1 Å². The third kappa shape index (κ3) is 10.9. The third-order valence-corrected chi connectivity index (χ3v) is 4.92. The number of carboxylic acid groups (broad SMARTS) is 3. The van der Waals surface area contributed by atoms with E-state index >= 15 is 0 Å². The predicted octanol–water partition coefficient (Wildman–Crippen LogP) is -3.10. The Kier molecular flexibility index (Phi) is 12.5. The molecule has 11 N–H and O–H groups in total. The maximum absolute atomic E-state index is 13.0. The lowest BCUT2D eigenvalue weighted by atomic mass is 10.1. The van der Waals surface area contributed by atoms with E-state index in [-0.39, 0.29) is 12.8 Å². The molecule has 0 aliphatic carbocycles. The second-order valence-electron chi connectivity index (χ2n) is 7.89. The van der Waals surface area contributed by atoms with E-state index in [0.717, 1.165) is 0 Å². The van der Waals surface area contributed by atoms with Gasteiger partial charge in [-0.3, -0.25) is 24.0 Å². The molecule has 0 radical (unpaired) electrons. The number of imidazole rings is 1. The van der Waals surface area contributed by atoms with Gasteiger partial charge in [-0.15, -0.1) is 0 Å². The van der Waals surface area contributed by atoms with Gasteiger partial charge in [-0.25, -0.2) is 9.78 Å². The summed E-state index contributed by atoms with van der Waals surface area (Å²) in [4.78, 5) is 78.1. The number of hydrogen-bond acceptors (Lipinski definition) is 9. The van der Waals surface area contributed by atoms with Crippen LogP contribution in [0.3, 0.4) is 0 Å². The Bertz CT molecular complexity index is 923. The Morgan fingerprint density at radius 3 is 1.97 bits per heavy atom. The van der Waals surface area contributed by atoms with Crippen LogP contribution in [0.25, 0.3) is 0 Å². The number of aromatic nitrogens is 2. The molecule has 4 atom stereocenters. The van der Waals surface area contributed by atoms with Crippen LogP contribution in [0.15, 0.2) is 12.5 Å². The predicted molar refractivity (Wildman–Crippen MR) is 121 cm³/mol. The van der Waals surface area contributed by atoms with E-state index in [2.05, 4.69) is 25.9 Å². The smallest absolute Gasteiger partial charge is 0.326 e. The highest BCUT2D eigenvalue weighted by atomic mass is 16.4. The molecule has 36 heavy (non-hydrogen) atoms. The Hall–Kier alpha value is -4.05. The van der Waals surface area contributed by atoms with E-state index in [0.29, 0.717) is 25.1 Å². The topological polar surface area (TPSA) is 280 Å². The average molecular weight is 514 g/mol.